The van der Waals surface area contributed by atoms with Crippen LogP contribution in [0.3, 0.4) is 0 Å². The van der Waals surface area contributed by atoms with Gasteiger partial charge in [0.25, 0.3) is 5.91 Å². The molecule has 2 rings (SSSR count). The standard InChI is InChI=1S/C17H20N2O4S2/c1-9-11(3)25-16(19-12(4)20)15(9)17(22)23-8-14(21)18-10(2)13-6-5-7-24-13/h5-7,10H,8H2,1-4H3,(H,18,21)(H,19,20)/t10-/m0/s1. The van der Waals surface area contributed by atoms with E-state index in [1.807, 2.05) is 31.4 Å². The Morgan fingerprint density at radius 1 is 1.28 bits per heavy atom. The molecule has 0 radical (unpaired) electrons. The molecule has 0 spiro atoms. The summed E-state index contributed by atoms with van der Waals surface area (Å²) in [7, 11) is 0. The maximum atomic E-state index is 12.4. The first-order valence-electron chi connectivity index (χ1n) is 7.67. The molecule has 0 aliphatic carbocycles. The Kier molecular flexibility index (Phi) is 6.33. The molecule has 0 aromatic carbocycles. The molecule has 2 aromatic rings. The number of anilines is 1. The molecule has 0 aliphatic rings. The smallest absolute Gasteiger partial charge is 0.341 e. The highest BCUT2D eigenvalue weighted by Gasteiger charge is 2.22. The van der Waals surface area contributed by atoms with Crippen LogP contribution in [-0.4, -0.2) is 24.4 Å². The van der Waals surface area contributed by atoms with Crippen LogP contribution >= 0.6 is 22.7 Å². The van der Waals surface area contributed by atoms with Gasteiger partial charge in [-0.3, -0.25) is 9.59 Å². The molecule has 2 amide bonds. The molecule has 1 atom stereocenters. The van der Waals surface area contributed by atoms with E-state index in [9.17, 15) is 14.4 Å². The van der Waals surface area contributed by atoms with E-state index in [4.69, 9.17) is 4.74 Å². The highest BCUT2D eigenvalue weighted by atomic mass is 32.1. The average molecular weight is 380 g/mol. The molecule has 2 aromatic heterocycles. The highest BCUT2D eigenvalue weighted by molar-refractivity contribution is 7.16. The topological polar surface area (TPSA) is 84.5 Å². The number of esters is 1. The zero-order chi connectivity index (χ0) is 18.6. The molecule has 0 unspecified atom stereocenters. The second kappa shape index (κ2) is 8.26. The van der Waals surface area contributed by atoms with Crippen molar-refractivity contribution in [1.82, 2.24) is 5.32 Å². The SMILES string of the molecule is CC(=O)Nc1sc(C)c(C)c1C(=O)OCC(=O)N[C@@H](C)c1cccs1. The lowest BCUT2D eigenvalue weighted by Gasteiger charge is -2.12. The van der Waals surface area contributed by atoms with E-state index in [-0.39, 0.29) is 24.5 Å². The Bertz CT molecular complexity index is 781. The van der Waals surface area contributed by atoms with Crippen molar-refractivity contribution in [1.29, 1.82) is 0 Å². The van der Waals surface area contributed by atoms with Gasteiger partial charge in [-0.2, -0.15) is 0 Å². The third-order valence-electron chi connectivity index (χ3n) is 3.56. The molecule has 0 saturated heterocycles. The van der Waals surface area contributed by atoms with Crippen LogP contribution in [0.5, 0.6) is 0 Å². The molecule has 25 heavy (non-hydrogen) atoms. The number of nitrogens with one attached hydrogen (secondary N) is 2. The summed E-state index contributed by atoms with van der Waals surface area (Å²) in [5, 5.41) is 7.79. The second-order valence-electron chi connectivity index (χ2n) is 5.55. The molecule has 0 aliphatic heterocycles. The lowest BCUT2D eigenvalue weighted by atomic mass is 10.1. The number of carbonyl (C=O) groups excluding carboxylic acids is 3. The lowest BCUT2D eigenvalue weighted by Crippen LogP contribution is -2.30. The second-order valence-corrected chi connectivity index (χ2v) is 7.75. The van der Waals surface area contributed by atoms with Crippen molar-refractivity contribution >= 4 is 45.5 Å². The van der Waals surface area contributed by atoms with Crippen LogP contribution < -0.4 is 10.6 Å². The molecule has 0 fully saturated rings. The molecule has 6 nitrogen and oxygen atoms in total. The fourth-order valence-corrected chi connectivity index (χ4v) is 4.04. The fourth-order valence-electron chi connectivity index (χ4n) is 2.22. The van der Waals surface area contributed by atoms with Crippen molar-refractivity contribution in [3.8, 4) is 0 Å². The zero-order valence-electron chi connectivity index (χ0n) is 14.5. The van der Waals surface area contributed by atoms with Crippen molar-refractivity contribution < 1.29 is 19.1 Å². The lowest BCUT2D eigenvalue weighted by molar-refractivity contribution is -0.124. The summed E-state index contributed by atoms with van der Waals surface area (Å²) < 4.78 is 5.13. The van der Waals surface area contributed by atoms with Crippen LogP contribution in [-0.2, 0) is 14.3 Å². The third-order valence-corrected chi connectivity index (χ3v) is 5.74. The quantitative estimate of drug-likeness (QED) is 0.752. The fraction of sp³-hybridized carbons (Fsp3) is 0.353. The minimum atomic E-state index is -0.621. The monoisotopic (exact) mass is 380 g/mol. The van der Waals surface area contributed by atoms with Crippen LogP contribution in [0.4, 0.5) is 5.00 Å². The number of hydrogen-bond donors (Lipinski definition) is 2. The highest BCUT2D eigenvalue weighted by Crippen LogP contribution is 2.33. The molecule has 2 heterocycles. The van der Waals surface area contributed by atoms with Gasteiger partial charge in [-0.15, -0.1) is 22.7 Å². The number of ether oxygens (including phenoxy) is 1. The summed E-state index contributed by atoms with van der Waals surface area (Å²) in [4.78, 5) is 37.6. The number of carbonyl (C=O) groups is 3. The van der Waals surface area contributed by atoms with E-state index in [0.29, 0.717) is 10.6 Å². The Labute approximate surface area is 154 Å². The van der Waals surface area contributed by atoms with Crippen molar-refractivity contribution in [2.24, 2.45) is 0 Å². The van der Waals surface area contributed by atoms with Crippen molar-refractivity contribution in [3.63, 3.8) is 0 Å². The summed E-state index contributed by atoms with van der Waals surface area (Å²) in [6.45, 7) is 6.51. The summed E-state index contributed by atoms with van der Waals surface area (Å²) in [6.07, 6.45) is 0. The Morgan fingerprint density at radius 2 is 2.00 bits per heavy atom. The maximum Gasteiger partial charge on any atom is 0.341 e. The van der Waals surface area contributed by atoms with Gasteiger partial charge in [0.15, 0.2) is 6.61 Å². The summed E-state index contributed by atoms with van der Waals surface area (Å²) in [5.74, 6) is -1.26. The van der Waals surface area contributed by atoms with Crippen LogP contribution in [0.2, 0.25) is 0 Å². The Hall–Kier alpha value is -2.19. The van der Waals surface area contributed by atoms with Crippen LogP contribution in [0, 0.1) is 13.8 Å². The van der Waals surface area contributed by atoms with Gasteiger partial charge in [-0.05, 0) is 37.8 Å². The summed E-state index contributed by atoms with van der Waals surface area (Å²) in [6, 6.07) is 3.69. The first kappa shape index (κ1) is 19.1. The number of amides is 2. The van der Waals surface area contributed by atoms with Gasteiger partial charge in [0.2, 0.25) is 5.91 Å². The van der Waals surface area contributed by atoms with Crippen molar-refractivity contribution in [3.05, 3.63) is 38.4 Å². The molecular weight excluding hydrogens is 360 g/mol. The van der Waals surface area contributed by atoms with Gasteiger partial charge in [0.05, 0.1) is 11.6 Å². The molecule has 0 bridgehead atoms. The molecule has 8 heteroatoms. The first-order valence-corrected chi connectivity index (χ1v) is 9.36. The Balaban J connectivity index is 1.98. The van der Waals surface area contributed by atoms with Crippen LogP contribution in [0.1, 0.15) is 45.6 Å². The van der Waals surface area contributed by atoms with E-state index in [1.165, 1.54) is 18.3 Å². The normalized spacial score (nSPS) is 11.7. The van der Waals surface area contributed by atoms with Gasteiger partial charge >= 0.3 is 5.97 Å². The number of thiophene rings is 2. The van der Waals surface area contributed by atoms with E-state index in [0.717, 1.165) is 15.3 Å². The first-order chi connectivity index (χ1) is 11.8. The van der Waals surface area contributed by atoms with Gasteiger partial charge < -0.3 is 15.4 Å². The van der Waals surface area contributed by atoms with Gasteiger partial charge in [-0.1, -0.05) is 6.07 Å². The van der Waals surface area contributed by atoms with Gasteiger partial charge in [0.1, 0.15) is 5.00 Å². The van der Waals surface area contributed by atoms with E-state index < -0.39 is 5.97 Å². The van der Waals surface area contributed by atoms with Crippen molar-refractivity contribution in [2.45, 2.75) is 33.7 Å². The Morgan fingerprint density at radius 3 is 2.60 bits per heavy atom. The number of aryl methyl sites for hydroxylation is 1. The third kappa shape index (κ3) is 4.90. The molecule has 134 valence electrons. The van der Waals surface area contributed by atoms with E-state index >= 15 is 0 Å². The minimum Gasteiger partial charge on any atom is -0.452 e. The van der Waals surface area contributed by atoms with Crippen LogP contribution in [0.25, 0.3) is 0 Å². The zero-order valence-corrected chi connectivity index (χ0v) is 16.1. The van der Waals surface area contributed by atoms with Gasteiger partial charge in [0, 0.05) is 16.7 Å². The van der Waals surface area contributed by atoms with E-state index in [2.05, 4.69) is 10.6 Å². The number of hydrogen-bond acceptors (Lipinski definition) is 6. The van der Waals surface area contributed by atoms with E-state index in [1.54, 1.807) is 18.3 Å². The van der Waals surface area contributed by atoms with Crippen molar-refractivity contribution in [2.75, 3.05) is 11.9 Å². The van der Waals surface area contributed by atoms with Gasteiger partial charge in [-0.25, -0.2) is 4.79 Å². The largest absolute Gasteiger partial charge is 0.452 e. The minimum absolute atomic E-state index is 0.147. The predicted molar refractivity (Wildman–Crippen MR) is 99.3 cm³/mol. The molecule has 0 saturated carbocycles. The molecular formula is C17H20N2O4S2. The molecule has 2 N–H and O–H groups in total. The maximum absolute atomic E-state index is 12.4. The summed E-state index contributed by atoms with van der Waals surface area (Å²) >= 11 is 2.85. The predicted octanol–water partition coefficient (Wildman–Crippen LogP) is 3.42. The summed E-state index contributed by atoms with van der Waals surface area (Å²) in [5.41, 5.74) is 1.04. The van der Waals surface area contributed by atoms with Crippen LogP contribution in [0.15, 0.2) is 17.5 Å². The number of rotatable bonds is 6. The average Bonchev–Trinajstić information content (AvgIpc) is 3.14.